The Kier molecular flexibility index (Phi) is 9.51. The second-order valence-corrected chi connectivity index (χ2v) is 12.3. The fraction of sp³-hybridized carbons (Fsp3) is 0.581. The van der Waals surface area contributed by atoms with Gasteiger partial charge in [-0.15, -0.1) is 0 Å². The molecule has 39 heavy (non-hydrogen) atoms. The summed E-state index contributed by atoms with van der Waals surface area (Å²) in [7, 11) is 1.58. The Morgan fingerprint density at radius 3 is 2.26 bits per heavy atom. The second kappa shape index (κ2) is 12.3. The van der Waals surface area contributed by atoms with Crippen molar-refractivity contribution in [2.24, 2.45) is 5.41 Å². The third-order valence-corrected chi connectivity index (χ3v) is 6.93. The van der Waals surface area contributed by atoms with Crippen molar-refractivity contribution in [2.45, 2.75) is 98.1 Å². The molecule has 8 nitrogen and oxygen atoms in total. The number of hydrogen-bond acceptors (Lipinski definition) is 6. The minimum absolute atomic E-state index is 0.0411. The molecule has 1 N–H and O–H groups in total. The summed E-state index contributed by atoms with van der Waals surface area (Å²) in [6.45, 7) is 12.5. The van der Waals surface area contributed by atoms with E-state index in [2.05, 4.69) is 20.8 Å². The molecule has 2 heterocycles. The molecule has 1 atom stereocenters. The summed E-state index contributed by atoms with van der Waals surface area (Å²) in [4.78, 5) is 36.1. The lowest BCUT2D eigenvalue weighted by molar-refractivity contribution is -0.154. The smallest absolute Gasteiger partial charge is 0.341 e. The molecule has 0 aliphatic carbocycles. The highest BCUT2D eigenvalue weighted by molar-refractivity contribution is 5.88. The van der Waals surface area contributed by atoms with E-state index in [1.165, 1.54) is 12.3 Å². The highest BCUT2D eigenvalue weighted by atomic mass is 16.6. The normalized spacial score (nSPS) is 14.8. The van der Waals surface area contributed by atoms with Crippen LogP contribution in [-0.2, 0) is 16.0 Å². The Bertz CT molecular complexity index is 1250. The summed E-state index contributed by atoms with van der Waals surface area (Å²) < 4.78 is 19.0. The van der Waals surface area contributed by atoms with Crippen LogP contribution in [0.3, 0.4) is 0 Å². The molecule has 3 rings (SSSR count). The molecule has 1 aliphatic heterocycles. The first-order valence-electron chi connectivity index (χ1n) is 13.8. The van der Waals surface area contributed by atoms with Crippen LogP contribution in [0.4, 0.5) is 0 Å². The van der Waals surface area contributed by atoms with Crippen LogP contribution in [-0.4, -0.2) is 40.9 Å². The van der Waals surface area contributed by atoms with Crippen LogP contribution in [0.2, 0.25) is 0 Å². The zero-order chi connectivity index (χ0) is 29.0. The van der Waals surface area contributed by atoms with Crippen LogP contribution < -0.4 is 14.9 Å². The van der Waals surface area contributed by atoms with Crippen LogP contribution in [0.15, 0.2) is 29.2 Å². The van der Waals surface area contributed by atoms with Gasteiger partial charge in [-0.25, -0.2) is 4.79 Å². The lowest BCUT2D eigenvalue weighted by Gasteiger charge is -2.39. The van der Waals surface area contributed by atoms with Crippen molar-refractivity contribution < 1.29 is 28.9 Å². The Morgan fingerprint density at radius 2 is 1.64 bits per heavy atom. The second-order valence-electron chi connectivity index (χ2n) is 12.3. The molecule has 1 aromatic heterocycles. The molecule has 2 aromatic rings. The van der Waals surface area contributed by atoms with E-state index < -0.39 is 17.0 Å². The monoisotopic (exact) mass is 541 g/mol. The fourth-order valence-corrected chi connectivity index (χ4v) is 4.97. The van der Waals surface area contributed by atoms with Gasteiger partial charge in [0.25, 0.3) is 0 Å². The lowest BCUT2D eigenvalue weighted by Crippen LogP contribution is -2.32. The molecule has 8 heteroatoms. The van der Waals surface area contributed by atoms with Crippen molar-refractivity contribution in [2.75, 3.05) is 13.7 Å². The van der Waals surface area contributed by atoms with Crippen molar-refractivity contribution in [3.05, 3.63) is 45.7 Å². The van der Waals surface area contributed by atoms with Gasteiger partial charge in [-0.1, -0.05) is 40.0 Å². The summed E-state index contributed by atoms with van der Waals surface area (Å²) in [5, 5.41) is 9.52. The van der Waals surface area contributed by atoms with Crippen molar-refractivity contribution in [1.82, 2.24) is 4.57 Å². The van der Waals surface area contributed by atoms with Gasteiger partial charge < -0.3 is 23.9 Å². The molecule has 0 bridgehead atoms. The van der Waals surface area contributed by atoms with Gasteiger partial charge in [0.05, 0.1) is 19.4 Å². The first-order chi connectivity index (χ1) is 18.2. The molecule has 0 radical (unpaired) electrons. The zero-order valence-electron chi connectivity index (χ0n) is 24.4. The van der Waals surface area contributed by atoms with E-state index >= 15 is 0 Å². The third kappa shape index (κ3) is 7.87. The number of rotatable bonds is 11. The molecule has 0 saturated heterocycles. The van der Waals surface area contributed by atoms with Crippen LogP contribution in [0.25, 0.3) is 11.3 Å². The van der Waals surface area contributed by atoms with Crippen LogP contribution in [0.5, 0.6) is 11.5 Å². The predicted octanol–water partition coefficient (Wildman–Crippen LogP) is 6.43. The molecular weight excluding hydrogens is 498 g/mol. The maximum Gasteiger partial charge on any atom is 0.341 e. The number of benzene rings is 1. The summed E-state index contributed by atoms with van der Waals surface area (Å²) >= 11 is 0. The number of methoxy groups -OCH3 is 1. The predicted molar refractivity (Wildman–Crippen MR) is 151 cm³/mol. The van der Waals surface area contributed by atoms with E-state index in [1.54, 1.807) is 7.11 Å². The molecule has 0 spiro atoms. The molecule has 0 saturated carbocycles. The number of hydrogen-bond donors (Lipinski definition) is 1. The van der Waals surface area contributed by atoms with Crippen molar-refractivity contribution in [3.63, 3.8) is 0 Å². The molecule has 1 aliphatic rings. The topological polar surface area (TPSA) is 104 Å². The zero-order valence-corrected chi connectivity index (χ0v) is 24.4. The Hall–Kier alpha value is -3.29. The van der Waals surface area contributed by atoms with E-state index in [4.69, 9.17) is 14.2 Å². The number of carboxylic acid groups (broad SMARTS) is 1. The van der Waals surface area contributed by atoms with Gasteiger partial charge in [0.15, 0.2) is 16.9 Å². The molecule has 214 valence electrons. The van der Waals surface area contributed by atoms with E-state index in [1.807, 2.05) is 37.5 Å². The van der Waals surface area contributed by atoms with Gasteiger partial charge >= 0.3 is 11.9 Å². The first kappa shape index (κ1) is 30.3. The average molecular weight is 542 g/mol. The third-order valence-electron chi connectivity index (χ3n) is 6.93. The average Bonchev–Trinajstić information content (AvgIpc) is 2.82. The Balaban J connectivity index is 1.67. The van der Waals surface area contributed by atoms with Gasteiger partial charge in [0, 0.05) is 30.3 Å². The van der Waals surface area contributed by atoms with Gasteiger partial charge in [0.2, 0.25) is 0 Å². The van der Waals surface area contributed by atoms with Crippen molar-refractivity contribution >= 4 is 11.9 Å². The van der Waals surface area contributed by atoms with Gasteiger partial charge in [0.1, 0.15) is 11.2 Å². The Morgan fingerprint density at radius 1 is 0.974 bits per heavy atom. The highest BCUT2D eigenvalue weighted by Gasteiger charge is 2.34. The molecular formula is C31H43NO7. The maximum absolute atomic E-state index is 12.6. The lowest BCUT2D eigenvalue weighted by atomic mass is 9.78. The van der Waals surface area contributed by atoms with E-state index in [-0.39, 0.29) is 23.0 Å². The molecule has 1 aromatic carbocycles. The number of aromatic nitrogens is 1. The maximum atomic E-state index is 12.6. The number of carbonyl (C=O) groups is 2. The SMILES string of the molecule is COc1cc2c(cc1OCCCCCCCC(=O)OC(C)(C)C)CC(C(C)(C)C)n1cc(C(=O)O)c(=O)cc1-2. The molecule has 0 amide bonds. The van der Waals surface area contributed by atoms with Crippen LogP contribution >= 0.6 is 0 Å². The number of aromatic carboxylic acids is 1. The van der Waals surface area contributed by atoms with Crippen LogP contribution in [0, 0.1) is 5.41 Å². The summed E-state index contributed by atoms with van der Waals surface area (Å²) in [5.74, 6) is -0.139. The van der Waals surface area contributed by atoms with Gasteiger partial charge in [-0.2, -0.15) is 0 Å². The number of carboxylic acids is 1. The van der Waals surface area contributed by atoms with E-state index in [0.717, 1.165) is 43.2 Å². The number of fused-ring (bicyclic) bond motifs is 3. The minimum atomic E-state index is -1.22. The number of esters is 1. The summed E-state index contributed by atoms with van der Waals surface area (Å²) in [6, 6.07) is 5.25. The standard InChI is InChI=1S/C31H43NO7/c1-30(2,3)27-16-20-15-26(38-14-12-10-8-9-11-13-28(34)39-31(4,5)6)25(37-7)17-21(20)23-18-24(33)22(29(35)36)19-32(23)27/h15,17-19,27H,8-14,16H2,1-7H3,(H,35,36). The number of nitrogens with zero attached hydrogens (tertiary/aromatic N) is 1. The van der Waals surface area contributed by atoms with Gasteiger partial charge in [-0.05, 0) is 63.1 Å². The highest BCUT2D eigenvalue weighted by Crippen LogP contribution is 2.45. The van der Waals surface area contributed by atoms with Crippen LogP contribution in [0.1, 0.15) is 102 Å². The summed E-state index contributed by atoms with van der Waals surface area (Å²) in [5.41, 5.74) is 1.21. The van der Waals surface area contributed by atoms with Crippen molar-refractivity contribution in [1.29, 1.82) is 0 Å². The summed E-state index contributed by atoms with van der Waals surface area (Å²) in [6.07, 6.45) is 7.28. The quantitative estimate of drug-likeness (QED) is 0.258. The largest absolute Gasteiger partial charge is 0.493 e. The molecule has 0 fully saturated rings. The first-order valence-corrected chi connectivity index (χ1v) is 13.8. The number of ether oxygens (including phenoxy) is 3. The molecule has 1 unspecified atom stereocenters. The number of carbonyl (C=O) groups excluding carboxylic acids is 1. The fourth-order valence-electron chi connectivity index (χ4n) is 4.97. The van der Waals surface area contributed by atoms with E-state index in [0.29, 0.717) is 36.6 Å². The Labute approximate surface area is 231 Å². The van der Waals surface area contributed by atoms with Crippen molar-refractivity contribution in [3.8, 4) is 22.8 Å². The minimum Gasteiger partial charge on any atom is -0.493 e. The number of pyridine rings is 1. The van der Waals surface area contributed by atoms with Gasteiger partial charge in [-0.3, -0.25) is 9.59 Å². The number of unbranched alkanes of at least 4 members (excludes halogenated alkanes) is 4. The van der Waals surface area contributed by atoms with E-state index in [9.17, 15) is 19.5 Å².